The second-order valence-corrected chi connectivity index (χ2v) is 18.9. The van der Waals surface area contributed by atoms with Crippen LogP contribution in [0.2, 0.25) is 0 Å². The fraction of sp³-hybridized carbons (Fsp3) is 0.154. The van der Waals surface area contributed by atoms with Crippen molar-refractivity contribution in [3.05, 3.63) is 145 Å². The highest BCUT2D eigenvalue weighted by atomic mass is 32.1. The zero-order valence-corrected chi connectivity index (χ0v) is 33.7. The van der Waals surface area contributed by atoms with Crippen LogP contribution in [0.1, 0.15) is 51.7 Å². The second-order valence-electron chi connectivity index (χ2n) is 17.8. The number of ether oxygens (including phenoxy) is 1. The lowest BCUT2D eigenvalue weighted by molar-refractivity contribution is 0.332. The van der Waals surface area contributed by atoms with Crippen LogP contribution in [0, 0.1) is 0 Å². The SMILES string of the molecule is CC1(C)CCC(C)(C)c2cc3c4c(sc3cc21)[B]c1c(-c2cccc3c2Nc2ccccc2O3)cc(-n2c3ccccc3c3ccccc32)c2c3ccccc3n-4c12. The van der Waals surface area contributed by atoms with Crippen molar-refractivity contribution in [2.75, 3.05) is 5.32 Å². The molecule has 0 spiro atoms. The van der Waals surface area contributed by atoms with Crippen molar-refractivity contribution in [2.45, 2.75) is 51.4 Å². The minimum absolute atomic E-state index is 0.106. The monoisotopic (exact) mass is 764 g/mol. The van der Waals surface area contributed by atoms with Gasteiger partial charge in [-0.25, -0.2) is 0 Å². The molecule has 13 rings (SSSR count). The maximum absolute atomic E-state index is 6.60. The Morgan fingerprint density at radius 1 is 0.603 bits per heavy atom. The number of para-hydroxylation sites is 6. The Labute approximate surface area is 341 Å². The van der Waals surface area contributed by atoms with Crippen molar-refractivity contribution >= 4 is 93.9 Å². The summed E-state index contributed by atoms with van der Waals surface area (Å²) in [5.74, 6) is 1.67. The summed E-state index contributed by atoms with van der Waals surface area (Å²) in [4.78, 5) is 0. The quantitative estimate of drug-likeness (QED) is 0.178. The lowest BCUT2D eigenvalue weighted by atomic mass is 9.62. The smallest absolute Gasteiger partial charge is 0.211 e. The van der Waals surface area contributed by atoms with E-state index in [9.17, 15) is 0 Å². The number of thiophene rings is 1. The van der Waals surface area contributed by atoms with Gasteiger partial charge in [-0.15, -0.1) is 11.3 Å². The van der Waals surface area contributed by atoms with E-state index in [0.717, 1.165) is 28.4 Å². The van der Waals surface area contributed by atoms with Gasteiger partial charge in [0.15, 0.2) is 11.5 Å². The Kier molecular flexibility index (Phi) is 6.36. The molecule has 0 amide bonds. The number of nitrogens with zero attached hydrogens (tertiary/aromatic N) is 2. The molecule has 1 aliphatic carbocycles. The lowest BCUT2D eigenvalue weighted by Crippen LogP contribution is -2.35. The summed E-state index contributed by atoms with van der Waals surface area (Å²) in [5.41, 5.74) is 16.1. The van der Waals surface area contributed by atoms with Gasteiger partial charge in [0.05, 0.1) is 44.8 Å². The number of aromatic nitrogens is 2. The van der Waals surface area contributed by atoms with E-state index in [1.807, 2.05) is 23.5 Å². The van der Waals surface area contributed by atoms with Gasteiger partial charge in [-0.05, 0) is 105 Å². The first-order chi connectivity index (χ1) is 28.2. The lowest BCUT2D eigenvalue weighted by Gasteiger charge is -2.42. The van der Waals surface area contributed by atoms with Gasteiger partial charge in [-0.2, -0.15) is 0 Å². The summed E-state index contributed by atoms with van der Waals surface area (Å²) in [5, 5.41) is 10.2. The highest BCUT2D eigenvalue weighted by Crippen LogP contribution is 2.51. The maximum Gasteiger partial charge on any atom is 0.211 e. The Balaban J connectivity index is 1.20. The van der Waals surface area contributed by atoms with Crippen molar-refractivity contribution in [1.29, 1.82) is 0 Å². The van der Waals surface area contributed by atoms with Gasteiger partial charge in [0, 0.05) is 37.2 Å². The summed E-state index contributed by atoms with van der Waals surface area (Å²) in [7, 11) is 2.50. The normalized spacial score (nSPS) is 15.8. The van der Waals surface area contributed by atoms with E-state index < -0.39 is 0 Å². The Morgan fingerprint density at radius 3 is 1.97 bits per heavy atom. The predicted molar refractivity (Wildman–Crippen MR) is 246 cm³/mol. The molecule has 4 nitrogen and oxygen atoms in total. The molecule has 3 aliphatic rings. The minimum atomic E-state index is 0.106. The fourth-order valence-corrected chi connectivity index (χ4v) is 11.8. The highest BCUT2D eigenvalue weighted by Gasteiger charge is 2.39. The molecule has 0 saturated heterocycles. The Morgan fingerprint density at radius 2 is 1.22 bits per heavy atom. The third kappa shape index (κ3) is 4.26. The van der Waals surface area contributed by atoms with Crippen molar-refractivity contribution in [1.82, 2.24) is 9.13 Å². The number of rotatable bonds is 2. The molecule has 58 heavy (non-hydrogen) atoms. The first kappa shape index (κ1) is 32.8. The molecular formula is C52H39BN3OS. The van der Waals surface area contributed by atoms with E-state index in [2.05, 4.69) is 171 Å². The molecular weight excluding hydrogens is 725 g/mol. The third-order valence-corrected chi connectivity index (χ3v) is 14.7. The van der Waals surface area contributed by atoms with Gasteiger partial charge < -0.3 is 19.2 Å². The number of hydrogen-bond acceptors (Lipinski definition) is 3. The number of nitrogens with one attached hydrogen (secondary N) is 1. The van der Waals surface area contributed by atoms with Crippen LogP contribution in [0.4, 0.5) is 11.4 Å². The summed E-state index contributed by atoms with van der Waals surface area (Å²) in [6, 6.07) is 49.1. The number of hydrogen-bond donors (Lipinski definition) is 1. The third-order valence-electron chi connectivity index (χ3n) is 13.6. The van der Waals surface area contributed by atoms with Crippen LogP contribution in [0.3, 0.4) is 0 Å². The first-order valence-corrected chi connectivity index (χ1v) is 21.3. The molecule has 5 heterocycles. The molecule has 7 aromatic carbocycles. The topological polar surface area (TPSA) is 31.1 Å². The van der Waals surface area contributed by atoms with Gasteiger partial charge in [-0.1, -0.05) is 107 Å². The highest BCUT2D eigenvalue weighted by molar-refractivity contribution is 7.29. The van der Waals surface area contributed by atoms with Crippen LogP contribution in [0.5, 0.6) is 11.5 Å². The summed E-state index contributed by atoms with van der Waals surface area (Å²) in [6.07, 6.45) is 2.38. The van der Waals surface area contributed by atoms with Gasteiger partial charge in [0.1, 0.15) is 0 Å². The van der Waals surface area contributed by atoms with Crippen LogP contribution in [-0.2, 0) is 10.8 Å². The molecule has 1 radical (unpaired) electrons. The maximum atomic E-state index is 6.60. The van der Waals surface area contributed by atoms with Gasteiger partial charge in [0.2, 0.25) is 7.28 Å². The van der Waals surface area contributed by atoms with E-state index in [1.165, 1.54) is 105 Å². The fourth-order valence-electron chi connectivity index (χ4n) is 10.6. The number of benzene rings is 7. The number of anilines is 2. The average molecular weight is 765 g/mol. The van der Waals surface area contributed by atoms with Crippen molar-refractivity contribution in [3.63, 3.8) is 0 Å². The predicted octanol–water partition coefficient (Wildman–Crippen LogP) is 12.9. The molecule has 1 N–H and O–H groups in total. The molecule has 277 valence electrons. The summed E-state index contributed by atoms with van der Waals surface area (Å²) < 4.78 is 14.4. The van der Waals surface area contributed by atoms with E-state index in [4.69, 9.17) is 4.74 Å². The average Bonchev–Trinajstić information content (AvgIpc) is 3.90. The zero-order chi connectivity index (χ0) is 38.7. The van der Waals surface area contributed by atoms with E-state index >= 15 is 0 Å². The first-order valence-electron chi connectivity index (χ1n) is 20.5. The van der Waals surface area contributed by atoms with Crippen LogP contribution >= 0.6 is 11.3 Å². The Bertz CT molecular complexity index is 3400. The standard InChI is InChI=1S/C52H39BN3OS/c1-51(2)24-25-52(3,4)36-28-44-34(26-35(36)51)48-50(58-44)53-46-33(31-17-13-23-43-47(31)54-37-18-8-12-22-42(37)57-43)27-41(45-32-16-7-11-21-40(32)56(48)49(45)46)55-38-19-9-5-14-29(38)30-15-6-10-20-39(30)55/h5-23,26-28,54H,24-25H2,1-4H3. The molecule has 10 aromatic rings. The van der Waals surface area contributed by atoms with E-state index in [1.54, 1.807) is 0 Å². The number of fused-ring (bicyclic) bond motifs is 13. The van der Waals surface area contributed by atoms with E-state index in [-0.39, 0.29) is 10.8 Å². The summed E-state index contributed by atoms with van der Waals surface area (Å²) >= 11 is 1.94. The summed E-state index contributed by atoms with van der Waals surface area (Å²) in [6.45, 7) is 9.75. The van der Waals surface area contributed by atoms with Crippen molar-refractivity contribution < 1.29 is 4.74 Å². The van der Waals surface area contributed by atoms with Crippen molar-refractivity contribution in [2.24, 2.45) is 0 Å². The molecule has 0 atom stereocenters. The second kappa shape index (κ2) is 11.2. The van der Waals surface area contributed by atoms with Gasteiger partial charge >= 0.3 is 0 Å². The van der Waals surface area contributed by atoms with Gasteiger partial charge in [0.25, 0.3) is 0 Å². The molecule has 6 heteroatoms. The molecule has 0 saturated carbocycles. The molecule has 3 aromatic heterocycles. The van der Waals surface area contributed by atoms with Crippen LogP contribution < -0.4 is 20.3 Å². The zero-order valence-electron chi connectivity index (χ0n) is 32.9. The van der Waals surface area contributed by atoms with Crippen LogP contribution in [0.25, 0.3) is 76.2 Å². The Hall–Kier alpha value is -6.24. The van der Waals surface area contributed by atoms with Gasteiger partial charge in [-0.3, -0.25) is 0 Å². The molecule has 2 aliphatic heterocycles. The molecule has 0 unspecified atom stereocenters. The largest absolute Gasteiger partial charge is 0.453 e. The molecule has 0 fully saturated rings. The van der Waals surface area contributed by atoms with E-state index in [0.29, 0.717) is 0 Å². The minimum Gasteiger partial charge on any atom is -0.453 e. The molecule has 0 bridgehead atoms. The van der Waals surface area contributed by atoms with Crippen LogP contribution in [-0.4, -0.2) is 16.4 Å². The van der Waals surface area contributed by atoms with Crippen LogP contribution in [0.15, 0.2) is 133 Å². The van der Waals surface area contributed by atoms with Crippen molar-refractivity contribution in [3.8, 4) is 34.0 Å².